The second-order valence-electron chi connectivity index (χ2n) is 6.77. The van der Waals surface area contributed by atoms with E-state index in [2.05, 4.69) is 19.2 Å². The van der Waals surface area contributed by atoms with Crippen LogP contribution in [0.3, 0.4) is 0 Å². The SMILES string of the molecule is CCNC(=O)[C@H]1c2ccccc2C(=O)N(CC(C)C)[C@@H]1c1cccs1. The van der Waals surface area contributed by atoms with Crippen LogP contribution in [0.5, 0.6) is 0 Å². The lowest BCUT2D eigenvalue weighted by Gasteiger charge is -2.42. The van der Waals surface area contributed by atoms with Gasteiger partial charge < -0.3 is 10.2 Å². The maximum atomic E-state index is 13.2. The lowest BCUT2D eigenvalue weighted by molar-refractivity contribution is -0.124. The lowest BCUT2D eigenvalue weighted by Crippen LogP contribution is -2.48. The standard InChI is InChI=1S/C20H24N2O2S/c1-4-21-19(23)17-14-8-5-6-9-15(14)20(24)22(12-13(2)3)18(17)16-10-7-11-25-16/h5-11,13,17-18H,4,12H2,1-3H3,(H,21,23)/t17-,18+/m0/s1. The number of fused-ring (bicyclic) bond motifs is 1. The van der Waals surface area contributed by atoms with Crippen LogP contribution in [0.1, 0.15) is 53.5 Å². The van der Waals surface area contributed by atoms with Crippen molar-refractivity contribution >= 4 is 23.2 Å². The molecule has 0 fully saturated rings. The van der Waals surface area contributed by atoms with Crippen LogP contribution >= 0.6 is 11.3 Å². The molecule has 2 amide bonds. The topological polar surface area (TPSA) is 49.4 Å². The van der Waals surface area contributed by atoms with Crippen molar-refractivity contribution in [3.63, 3.8) is 0 Å². The molecule has 0 spiro atoms. The molecule has 1 aliphatic heterocycles. The van der Waals surface area contributed by atoms with Crippen molar-refractivity contribution in [1.82, 2.24) is 10.2 Å². The molecule has 0 radical (unpaired) electrons. The van der Waals surface area contributed by atoms with Crippen LogP contribution in [0.4, 0.5) is 0 Å². The molecule has 0 saturated heterocycles. The Morgan fingerprint density at radius 1 is 1.24 bits per heavy atom. The van der Waals surface area contributed by atoms with Crippen LogP contribution in [0.25, 0.3) is 0 Å². The number of carbonyl (C=O) groups is 2. The number of rotatable bonds is 5. The normalized spacial score (nSPS) is 19.8. The Kier molecular flexibility index (Phi) is 5.23. The van der Waals surface area contributed by atoms with Crippen LogP contribution in [0.2, 0.25) is 0 Å². The van der Waals surface area contributed by atoms with Gasteiger partial charge >= 0.3 is 0 Å². The third-order valence-corrected chi connectivity index (χ3v) is 5.41. The van der Waals surface area contributed by atoms with E-state index in [9.17, 15) is 9.59 Å². The molecule has 2 aromatic rings. The number of nitrogens with one attached hydrogen (secondary N) is 1. The highest BCUT2D eigenvalue weighted by Crippen LogP contribution is 2.44. The summed E-state index contributed by atoms with van der Waals surface area (Å²) in [5.74, 6) is -0.0596. The van der Waals surface area contributed by atoms with Gasteiger partial charge in [0.25, 0.3) is 5.91 Å². The average molecular weight is 356 g/mol. The smallest absolute Gasteiger partial charge is 0.254 e. The molecule has 5 heteroatoms. The maximum absolute atomic E-state index is 13.2. The molecule has 1 aliphatic rings. The number of carbonyl (C=O) groups excluding carboxylic acids is 2. The molecule has 3 rings (SSSR count). The molecule has 132 valence electrons. The summed E-state index contributed by atoms with van der Waals surface area (Å²) in [5, 5.41) is 4.97. The number of thiophene rings is 1. The second-order valence-corrected chi connectivity index (χ2v) is 7.75. The van der Waals surface area contributed by atoms with Crippen molar-refractivity contribution in [2.75, 3.05) is 13.1 Å². The first-order valence-corrected chi connectivity index (χ1v) is 9.63. The number of benzene rings is 1. The Balaban J connectivity index is 2.17. The summed E-state index contributed by atoms with van der Waals surface area (Å²) in [7, 11) is 0. The molecule has 0 unspecified atom stereocenters. The highest BCUT2D eigenvalue weighted by molar-refractivity contribution is 7.10. The fourth-order valence-electron chi connectivity index (χ4n) is 3.53. The van der Waals surface area contributed by atoms with Gasteiger partial charge in [-0.25, -0.2) is 0 Å². The van der Waals surface area contributed by atoms with Gasteiger partial charge in [-0.05, 0) is 35.9 Å². The summed E-state index contributed by atoms with van der Waals surface area (Å²) in [4.78, 5) is 29.1. The molecule has 0 aliphatic carbocycles. The van der Waals surface area contributed by atoms with Gasteiger partial charge in [0, 0.05) is 23.5 Å². The fraction of sp³-hybridized carbons (Fsp3) is 0.400. The summed E-state index contributed by atoms with van der Waals surface area (Å²) >= 11 is 1.60. The van der Waals surface area contributed by atoms with Gasteiger partial charge in [0.1, 0.15) is 0 Å². The Hall–Kier alpha value is -2.14. The van der Waals surface area contributed by atoms with Gasteiger partial charge in [0.2, 0.25) is 5.91 Å². The average Bonchev–Trinajstić information content (AvgIpc) is 3.11. The Morgan fingerprint density at radius 3 is 2.64 bits per heavy atom. The van der Waals surface area contributed by atoms with Crippen molar-refractivity contribution in [2.24, 2.45) is 5.92 Å². The van der Waals surface area contributed by atoms with E-state index in [1.54, 1.807) is 11.3 Å². The Bertz CT molecular complexity index is 755. The summed E-state index contributed by atoms with van der Waals surface area (Å²) in [6, 6.07) is 11.3. The molecule has 1 aromatic carbocycles. The maximum Gasteiger partial charge on any atom is 0.254 e. The summed E-state index contributed by atoms with van der Waals surface area (Å²) in [6.45, 7) is 7.32. The molecule has 4 nitrogen and oxygen atoms in total. The third-order valence-electron chi connectivity index (χ3n) is 4.47. The molecule has 2 atom stereocenters. The molecule has 1 N–H and O–H groups in total. The van der Waals surface area contributed by atoms with E-state index in [0.717, 1.165) is 10.4 Å². The van der Waals surface area contributed by atoms with Gasteiger partial charge in [0.15, 0.2) is 0 Å². The number of amides is 2. The Labute approximate surface area is 152 Å². The first kappa shape index (κ1) is 17.7. The van der Waals surface area contributed by atoms with Crippen LogP contribution in [0.15, 0.2) is 41.8 Å². The number of nitrogens with zero attached hydrogens (tertiary/aromatic N) is 1. The quantitative estimate of drug-likeness (QED) is 0.885. The van der Waals surface area contributed by atoms with E-state index in [-0.39, 0.29) is 23.8 Å². The van der Waals surface area contributed by atoms with Crippen LogP contribution in [-0.2, 0) is 4.79 Å². The Morgan fingerprint density at radius 2 is 2.00 bits per heavy atom. The summed E-state index contributed by atoms with van der Waals surface area (Å²) < 4.78 is 0. The molecular weight excluding hydrogens is 332 g/mol. The van der Waals surface area contributed by atoms with E-state index in [4.69, 9.17) is 0 Å². The predicted molar refractivity (Wildman–Crippen MR) is 101 cm³/mol. The van der Waals surface area contributed by atoms with Crippen molar-refractivity contribution in [3.05, 3.63) is 57.8 Å². The first-order valence-electron chi connectivity index (χ1n) is 8.75. The fourth-order valence-corrected chi connectivity index (χ4v) is 4.40. The second kappa shape index (κ2) is 7.40. The molecule has 25 heavy (non-hydrogen) atoms. The predicted octanol–water partition coefficient (Wildman–Crippen LogP) is 3.82. The van der Waals surface area contributed by atoms with Gasteiger partial charge in [0.05, 0.1) is 12.0 Å². The van der Waals surface area contributed by atoms with Gasteiger partial charge in [-0.1, -0.05) is 38.1 Å². The highest BCUT2D eigenvalue weighted by atomic mass is 32.1. The first-order chi connectivity index (χ1) is 12.0. The zero-order valence-electron chi connectivity index (χ0n) is 14.9. The van der Waals surface area contributed by atoms with Gasteiger partial charge in [-0.15, -0.1) is 11.3 Å². The molecule has 2 heterocycles. The number of likely N-dealkylation sites (N-methyl/N-ethyl adjacent to an activating group) is 1. The zero-order valence-corrected chi connectivity index (χ0v) is 15.7. The minimum absolute atomic E-state index is 0.0169. The molecular formula is C20H24N2O2S. The highest BCUT2D eigenvalue weighted by Gasteiger charge is 2.44. The van der Waals surface area contributed by atoms with E-state index < -0.39 is 0 Å². The third kappa shape index (κ3) is 3.33. The number of hydrogen-bond donors (Lipinski definition) is 1. The van der Waals surface area contributed by atoms with E-state index in [1.165, 1.54) is 0 Å². The van der Waals surface area contributed by atoms with E-state index in [1.807, 2.05) is 53.6 Å². The summed E-state index contributed by atoms with van der Waals surface area (Å²) in [6.07, 6.45) is 0. The largest absolute Gasteiger partial charge is 0.356 e. The van der Waals surface area contributed by atoms with Crippen LogP contribution in [0, 0.1) is 5.92 Å². The minimum atomic E-state index is -0.383. The lowest BCUT2D eigenvalue weighted by atomic mass is 9.81. The van der Waals surface area contributed by atoms with Crippen molar-refractivity contribution < 1.29 is 9.59 Å². The monoisotopic (exact) mass is 356 g/mol. The molecule has 0 bridgehead atoms. The molecule has 1 aromatic heterocycles. The van der Waals surface area contributed by atoms with Crippen LogP contribution in [-0.4, -0.2) is 29.8 Å². The van der Waals surface area contributed by atoms with E-state index >= 15 is 0 Å². The summed E-state index contributed by atoms with van der Waals surface area (Å²) in [5.41, 5.74) is 1.48. The van der Waals surface area contributed by atoms with Gasteiger partial charge in [-0.3, -0.25) is 9.59 Å². The van der Waals surface area contributed by atoms with Crippen molar-refractivity contribution in [1.29, 1.82) is 0 Å². The van der Waals surface area contributed by atoms with Crippen molar-refractivity contribution in [3.8, 4) is 0 Å². The van der Waals surface area contributed by atoms with E-state index in [0.29, 0.717) is 24.6 Å². The zero-order chi connectivity index (χ0) is 18.0. The van der Waals surface area contributed by atoms with Gasteiger partial charge in [-0.2, -0.15) is 0 Å². The molecule has 0 saturated carbocycles. The van der Waals surface area contributed by atoms with Crippen LogP contribution < -0.4 is 5.32 Å². The minimum Gasteiger partial charge on any atom is -0.356 e. The number of hydrogen-bond acceptors (Lipinski definition) is 3. The van der Waals surface area contributed by atoms with Crippen molar-refractivity contribution in [2.45, 2.75) is 32.7 Å².